The van der Waals surface area contributed by atoms with E-state index >= 15 is 0 Å². The number of alkyl halides is 5. The number of esters is 1. The molecule has 24 heavy (non-hydrogen) atoms. The van der Waals surface area contributed by atoms with Gasteiger partial charge in [0.25, 0.3) is 0 Å². The number of rotatable bonds is 2. The molecule has 0 saturated carbocycles. The van der Waals surface area contributed by atoms with Gasteiger partial charge in [-0.05, 0) is 19.4 Å². The highest BCUT2D eigenvalue weighted by Crippen LogP contribution is 2.36. The van der Waals surface area contributed by atoms with Crippen molar-refractivity contribution >= 4 is 11.8 Å². The van der Waals surface area contributed by atoms with Crippen LogP contribution in [0, 0.1) is 6.92 Å². The standard InChI is InChI=1S/C15H17F5N2O2/c1-9-11(15(18,19)20)8-10(13(23)24-2)12(21-9)22-6-3-4-14(16,17)5-7-22/h8H,3-7H2,1-2H3. The highest BCUT2D eigenvalue weighted by Gasteiger charge is 2.37. The zero-order valence-corrected chi connectivity index (χ0v) is 13.2. The van der Waals surface area contributed by atoms with E-state index < -0.39 is 30.1 Å². The van der Waals surface area contributed by atoms with Gasteiger partial charge in [0.1, 0.15) is 11.4 Å². The normalized spacial score (nSPS) is 18.2. The summed E-state index contributed by atoms with van der Waals surface area (Å²) >= 11 is 0. The molecule has 2 rings (SSSR count). The number of anilines is 1. The number of carbonyl (C=O) groups excluding carboxylic acids is 1. The Morgan fingerprint density at radius 3 is 2.54 bits per heavy atom. The quantitative estimate of drug-likeness (QED) is 0.599. The van der Waals surface area contributed by atoms with E-state index in [0.29, 0.717) is 6.07 Å². The van der Waals surface area contributed by atoms with Gasteiger partial charge < -0.3 is 9.64 Å². The maximum Gasteiger partial charge on any atom is 0.418 e. The summed E-state index contributed by atoms with van der Waals surface area (Å²) in [6.45, 7) is 1.24. The molecular weight excluding hydrogens is 335 g/mol. The van der Waals surface area contributed by atoms with Gasteiger partial charge in [-0.3, -0.25) is 0 Å². The molecule has 0 atom stereocenters. The predicted octanol–water partition coefficient (Wildman–Crippen LogP) is 3.82. The minimum Gasteiger partial charge on any atom is -0.465 e. The largest absolute Gasteiger partial charge is 0.465 e. The van der Waals surface area contributed by atoms with Crippen LogP contribution in [0.25, 0.3) is 0 Å². The third-order valence-electron chi connectivity index (χ3n) is 3.92. The van der Waals surface area contributed by atoms with E-state index in [0.717, 1.165) is 7.11 Å². The molecule has 134 valence electrons. The smallest absolute Gasteiger partial charge is 0.418 e. The van der Waals surface area contributed by atoms with E-state index in [1.54, 1.807) is 0 Å². The van der Waals surface area contributed by atoms with Crippen LogP contribution >= 0.6 is 0 Å². The topological polar surface area (TPSA) is 42.4 Å². The summed E-state index contributed by atoms with van der Waals surface area (Å²) in [4.78, 5) is 17.2. The van der Waals surface area contributed by atoms with Crippen molar-refractivity contribution in [2.45, 2.75) is 38.3 Å². The molecule has 1 aliphatic rings. The van der Waals surface area contributed by atoms with Crippen molar-refractivity contribution in [1.29, 1.82) is 0 Å². The van der Waals surface area contributed by atoms with Crippen LogP contribution in [-0.4, -0.2) is 37.1 Å². The SMILES string of the molecule is COC(=O)c1cc(C(F)(F)F)c(C)nc1N1CCCC(F)(F)CC1. The van der Waals surface area contributed by atoms with E-state index in [2.05, 4.69) is 9.72 Å². The minimum absolute atomic E-state index is 0.0509. The highest BCUT2D eigenvalue weighted by molar-refractivity contribution is 5.95. The molecule has 1 aromatic heterocycles. The Morgan fingerprint density at radius 1 is 1.29 bits per heavy atom. The van der Waals surface area contributed by atoms with E-state index in [-0.39, 0.29) is 43.0 Å². The molecule has 0 amide bonds. The van der Waals surface area contributed by atoms with E-state index in [1.165, 1.54) is 11.8 Å². The number of nitrogens with zero attached hydrogens (tertiary/aromatic N) is 2. The number of hydrogen-bond acceptors (Lipinski definition) is 4. The van der Waals surface area contributed by atoms with E-state index in [1.807, 2.05) is 0 Å². The van der Waals surface area contributed by atoms with Gasteiger partial charge in [-0.25, -0.2) is 18.6 Å². The summed E-state index contributed by atoms with van der Waals surface area (Å²) in [7, 11) is 1.04. The Bertz CT molecular complexity index is 631. The van der Waals surface area contributed by atoms with Crippen LogP contribution in [0.5, 0.6) is 0 Å². The first-order valence-corrected chi connectivity index (χ1v) is 7.35. The van der Waals surface area contributed by atoms with Crippen LogP contribution in [0.2, 0.25) is 0 Å². The van der Waals surface area contributed by atoms with E-state index in [4.69, 9.17) is 0 Å². The maximum atomic E-state index is 13.5. The van der Waals surface area contributed by atoms with Crippen LogP contribution < -0.4 is 4.90 Å². The van der Waals surface area contributed by atoms with Crippen LogP contribution in [0.4, 0.5) is 27.8 Å². The zero-order valence-electron chi connectivity index (χ0n) is 13.2. The second-order valence-corrected chi connectivity index (χ2v) is 5.68. The van der Waals surface area contributed by atoms with Crippen molar-refractivity contribution in [3.05, 3.63) is 22.9 Å². The van der Waals surface area contributed by atoms with Gasteiger partial charge in [-0.1, -0.05) is 0 Å². The average molecular weight is 352 g/mol. The lowest BCUT2D eigenvalue weighted by atomic mass is 10.1. The number of ether oxygens (including phenoxy) is 1. The van der Waals surface area contributed by atoms with Crippen molar-refractivity contribution in [3.63, 3.8) is 0 Å². The van der Waals surface area contributed by atoms with E-state index in [9.17, 15) is 26.7 Å². The second kappa shape index (κ2) is 6.52. The number of aryl methyl sites for hydroxylation is 1. The predicted molar refractivity (Wildman–Crippen MR) is 76.3 cm³/mol. The molecule has 4 nitrogen and oxygen atoms in total. The molecule has 0 bridgehead atoms. The monoisotopic (exact) mass is 352 g/mol. The molecule has 0 spiro atoms. The van der Waals surface area contributed by atoms with Gasteiger partial charge in [0.15, 0.2) is 0 Å². The summed E-state index contributed by atoms with van der Waals surface area (Å²) in [5.74, 6) is -3.87. The van der Waals surface area contributed by atoms with Crippen molar-refractivity contribution in [2.75, 3.05) is 25.1 Å². The molecule has 9 heteroatoms. The number of methoxy groups -OCH3 is 1. The molecular formula is C15H17F5N2O2. The fourth-order valence-electron chi connectivity index (χ4n) is 2.66. The van der Waals surface area contributed by atoms with Crippen molar-refractivity contribution < 1.29 is 31.5 Å². The third-order valence-corrected chi connectivity index (χ3v) is 3.92. The Hall–Kier alpha value is -1.93. The zero-order chi connectivity index (χ0) is 18.1. The third kappa shape index (κ3) is 3.93. The lowest BCUT2D eigenvalue weighted by molar-refractivity contribution is -0.138. The summed E-state index contributed by atoms with van der Waals surface area (Å²) in [6.07, 6.45) is -5.29. The Balaban J connectivity index is 2.48. The van der Waals surface area contributed by atoms with Crippen molar-refractivity contribution in [1.82, 2.24) is 4.98 Å². The number of carbonyl (C=O) groups is 1. The van der Waals surface area contributed by atoms with Crippen LogP contribution in [0.15, 0.2) is 6.07 Å². The molecule has 2 heterocycles. The lowest BCUT2D eigenvalue weighted by Gasteiger charge is -2.25. The average Bonchev–Trinajstić information content (AvgIpc) is 2.65. The van der Waals surface area contributed by atoms with Crippen LogP contribution in [-0.2, 0) is 10.9 Å². The fourth-order valence-corrected chi connectivity index (χ4v) is 2.66. The molecule has 1 aromatic rings. The van der Waals surface area contributed by atoms with Crippen molar-refractivity contribution in [3.8, 4) is 0 Å². The van der Waals surface area contributed by atoms with Gasteiger partial charge in [0, 0.05) is 25.9 Å². The Morgan fingerprint density at radius 2 is 1.96 bits per heavy atom. The summed E-state index contributed by atoms with van der Waals surface area (Å²) in [5.41, 5.74) is -1.74. The fraction of sp³-hybridized carbons (Fsp3) is 0.600. The lowest BCUT2D eigenvalue weighted by Crippen LogP contribution is -2.29. The first-order chi connectivity index (χ1) is 11.0. The molecule has 0 unspecified atom stereocenters. The Labute approximate surface area is 135 Å². The number of pyridine rings is 1. The first kappa shape index (κ1) is 18.4. The summed E-state index contributed by atoms with van der Waals surface area (Å²) < 4.78 is 70.6. The second-order valence-electron chi connectivity index (χ2n) is 5.68. The minimum atomic E-state index is -4.68. The molecule has 0 radical (unpaired) electrons. The van der Waals surface area contributed by atoms with Gasteiger partial charge in [0.05, 0.1) is 18.4 Å². The molecule has 1 saturated heterocycles. The van der Waals surface area contributed by atoms with Gasteiger partial charge in [-0.15, -0.1) is 0 Å². The number of aromatic nitrogens is 1. The summed E-state index contributed by atoms with van der Waals surface area (Å²) in [5, 5.41) is 0. The van der Waals surface area contributed by atoms with Crippen molar-refractivity contribution in [2.24, 2.45) is 0 Å². The van der Waals surface area contributed by atoms with Gasteiger partial charge in [0.2, 0.25) is 5.92 Å². The molecule has 1 fully saturated rings. The van der Waals surface area contributed by atoms with Crippen LogP contribution in [0.3, 0.4) is 0 Å². The molecule has 0 N–H and O–H groups in total. The molecule has 0 aromatic carbocycles. The van der Waals surface area contributed by atoms with Gasteiger partial charge >= 0.3 is 12.1 Å². The highest BCUT2D eigenvalue weighted by atomic mass is 19.4. The Kier molecular flexibility index (Phi) is 5.00. The molecule has 1 aliphatic heterocycles. The summed E-state index contributed by atoms with van der Waals surface area (Å²) in [6, 6.07) is 0.673. The first-order valence-electron chi connectivity index (χ1n) is 7.35. The number of halogens is 5. The number of hydrogen-bond donors (Lipinski definition) is 0. The van der Waals surface area contributed by atoms with Crippen LogP contribution in [0.1, 0.15) is 40.9 Å². The maximum absolute atomic E-state index is 13.5. The molecule has 0 aliphatic carbocycles. The van der Waals surface area contributed by atoms with Gasteiger partial charge in [-0.2, -0.15) is 13.2 Å².